The quantitative estimate of drug-likeness (QED) is 0.138. The van der Waals surface area contributed by atoms with E-state index < -0.39 is 114 Å². The van der Waals surface area contributed by atoms with E-state index >= 15 is 0 Å². The molecule has 242 valence electrons. The summed E-state index contributed by atoms with van der Waals surface area (Å²) in [7, 11) is -17.2. The average Bonchev–Trinajstić information content (AvgIpc) is 2.65. The van der Waals surface area contributed by atoms with Crippen LogP contribution in [0.3, 0.4) is 0 Å². The van der Waals surface area contributed by atoms with Crippen LogP contribution in [0.4, 0.5) is 61.5 Å². The maximum absolute atomic E-state index is 13.5. The van der Waals surface area contributed by atoms with Gasteiger partial charge < -0.3 is 17.1 Å². The van der Waals surface area contributed by atoms with Crippen molar-refractivity contribution < 1.29 is 78.6 Å². The van der Waals surface area contributed by atoms with Crippen molar-refractivity contribution in [1.29, 1.82) is 0 Å². The summed E-state index contributed by atoms with van der Waals surface area (Å²) in [6.07, 6.45) is -27.1. The van der Waals surface area contributed by atoms with Gasteiger partial charge in [0, 0.05) is 25.7 Å². The van der Waals surface area contributed by atoms with Crippen molar-refractivity contribution in [3.8, 4) is 0 Å². The second-order valence-corrected chi connectivity index (χ2v) is 25.4. The number of rotatable bonds is 15. The van der Waals surface area contributed by atoms with Crippen LogP contribution in [0.15, 0.2) is 0 Å². The largest absolute Gasteiger partial charge is 0.453 e. The fourth-order valence-corrected chi connectivity index (χ4v) is 22.3. The second-order valence-electron chi connectivity index (χ2n) is 10.6. The standard InChI is InChI=1S/C18H32F14O4Si4/c1-37(2,10-6-14(19,20)18(30,31)32)34-39(4,12-8-16(24,25)26)36-40(5,13-9-17(27,28)29)35-38(3,33)11-7-15(21,22)23/h33H,6-13H2,1-5H3. The van der Waals surface area contributed by atoms with Crippen LogP contribution in [0, 0.1) is 0 Å². The summed E-state index contributed by atoms with van der Waals surface area (Å²) < 4.78 is 198. The van der Waals surface area contributed by atoms with E-state index in [1.807, 2.05) is 0 Å². The molecule has 3 atom stereocenters. The Labute approximate surface area is 226 Å². The Morgan fingerprint density at radius 1 is 0.475 bits per heavy atom. The van der Waals surface area contributed by atoms with Gasteiger partial charge in [0.05, 0.1) is 0 Å². The van der Waals surface area contributed by atoms with Crippen molar-refractivity contribution in [2.75, 3.05) is 0 Å². The minimum absolute atomic E-state index is 0.828. The molecule has 0 aromatic carbocycles. The first kappa shape index (κ1) is 39.7. The van der Waals surface area contributed by atoms with Crippen LogP contribution in [0.1, 0.15) is 25.7 Å². The summed E-state index contributed by atoms with van der Waals surface area (Å²) >= 11 is 0. The lowest BCUT2D eigenvalue weighted by molar-refractivity contribution is -0.282. The van der Waals surface area contributed by atoms with Crippen molar-refractivity contribution in [3.05, 3.63) is 0 Å². The molecular formula is C18H32F14O4Si4. The van der Waals surface area contributed by atoms with E-state index in [4.69, 9.17) is 12.3 Å². The Kier molecular flexibility index (Phi) is 13.1. The van der Waals surface area contributed by atoms with Gasteiger partial charge in [0.2, 0.25) is 0 Å². The smallest absolute Gasteiger partial charge is 0.436 e. The molecule has 0 aliphatic heterocycles. The Hall–Kier alpha value is -0.272. The predicted molar refractivity (Wildman–Crippen MR) is 125 cm³/mol. The maximum atomic E-state index is 13.5. The number of hydrogen-bond donors (Lipinski definition) is 1. The highest BCUT2D eigenvalue weighted by molar-refractivity contribution is 6.89. The average molecular weight is 691 g/mol. The first-order chi connectivity index (χ1) is 17.2. The van der Waals surface area contributed by atoms with E-state index in [2.05, 4.69) is 0 Å². The molecule has 0 aromatic rings. The van der Waals surface area contributed by atoms with Crippen molar-refractivity contribution in [1.82, 2.24) is 0 Å². The summed E-state index contributed by atoms with van der Waals surface area (Å²) in [5.74, 6) is -5.16. The molecular weight excluding hydrogens is 659 g/mol. The van der Waals surface area contributed by atoms with Gasteiger partial charge in [-0.15, -0.1) is 0 Å². The minimum atomic E-state index is -5.92. The van der Waals surface area contributed by atoms with Crippen LogP contribution in [-0.2, 0) is 12.3 Å². The van der Waals surface area contributed by atoms with Gasteiger partial charge in [-0.05, 0) is 56.9 Å². The van der Waals surface area contributed by atoms with Crippen LogP contribution in [0.25, 0.3) is 0 Å². The molecule has 0 bridgehead atoms. The zero-order chi connectivity index (χ0) is 32.3. The zero-order valence-electron chi connectivity index (χ0n) is 22.1. The molecule has 0 amide bonds. The third-order valence-electron chi connectivity index (χ3n) is 5.41. The monoisotopic (exact) mass is 690 g/mol. The van der Waals surface area contributed by atoms with E-state index in [-0.39, 0.29) is 0 Å². The lowest BCUT2D eigenvalue weighted by atomic mass is 10.2. The van der Waals surface area contributed by atoms with Crippen LogP contribution >= 0.6 is 0 Å². The molecule has 0 spiro atoms. The fraction of sp³-hybridized carbons (Fsp3) is 1.00. The highest BCUT2D eigenvalue weighted by Gasteiger charge is 2.58. The maximum Gasteiger partial charge on any atom is 0.453 e. The van der Waals surface area contributed by atoms with E-state index in [0.29, 0.717) is 0 Å². The summed E-state index contributed by atoms with van der Waals surface area (Å²) in [6, 6.07) is -4.08. The SMILES string of the molecule is C[Si](C)(CCC(F)(F)C(F)(F)F)O[Si](C)(CCC(F)(F)F)O[Si](C)(CCC(F)(F)F)O[Si](C)(O)CCC(F)(F)F. The van der Waals surface area contributed by atoms with Gasteiger partial charge in [-0.3, -0.25) is 0 Å². The normalized spacial score (nSPS) is 19.2. The third kappa shape index (κ3) is 17.0. The zero-order valence-corrected chi connectivity index (χ0v) is 26.1. The van der Waals surface area contributed by atoms with Gasteiger partial charge in [-0.1, -0.05) is 0 Å². The molecule has 0 aliphatic rings. The number of halogens is 14. The first-order valence-electron chi connectivity index (χ1n) is 11.7. The van der Waals surface area contributed by atoms with Crippen LogP contribution < -0.4 is 0 Å². The molecule has 0 aliphatic carbocycles. The predicted octanol–water partition coefficient (Wildman–Crippen LogP) is 8.89. The lowest BCUT2D eigenvalue weighted by Gasteiger charge is -2.43. The lowest BCUT2D eigenvalue weighted by Crippen LogP contribution is -2.60. The van der Waals surface area contributed by atoms with Gasteiger partial charge in [0.25, 0.3) is 0 Å². The van der Waals surface area contributed by atoms with Crippen LogP contribution in [0.2, 0.25) is 56.9 Å². The third-order valence-corrected chi connectivity index (χ3v) is 21.2. The molecule has 4 nitrogen and oxygen atoms in total. The van der Waals surface area contributed by atoms with Crippen molar-refractivity contribution in [2.24, 2.45) is 0 Å². The van der Waals surface area contributed by atoms with Crippen molar-refractivity contribution >= 4 is 34.0 Å². The number of alkyl halides is 14. The van der Waals surface area contributed by atoms with E-state index in [1.165, 1.54) is 0 Å². The highest BCUT2D eigenvalue weighted by atomic mass is 28.5. The molecule has 0 fully saturated rings. The first-order valence-corrected chi connectivity index (χ1v) is 22.4. The summed E-state index contributed by atoms with van der Waals surface area (Å²) in [6.45, 7) is 4.86. The van der Waals surface area contributed by atoms with Gasteiger partial charge in [-0.25, -0.2) is 0 Å². The van der Waals surface area contributed by atoms with Crippen molar-refractivity contribution in [2.45, 2.75) is 113 Å². The molecule has 1 N–H and O–H groups in total. The van der Waals surface area contributed by atoms with Crippen LogP contribution in [0.5, 0.6) is 0 Å². The van der Waals surface area contributed by atoms with E-state index in [0.717, 1.165) is 32.7 Å². The highest BCUT2D eigenvalue weighted by Crippen LogP contribution is 2.42. The second kappa shape index (κ2) is 13.2. The summed E-state index contributed by atoms with van der Waals surface area (Å²) in [4.78, 5) is 10.5. The molecule has 0 heterocycles. The molecule has 22 heteroatoms. The fourth-order valence-electron chi connectivity index (χ4n) is 3.57. The van der Waals surface area contributed by atoms with Crippen LogP contribution in [-0.4, -0.2) is 69.4 Å². The Bertz CT molecular complexity index is 801. The molecule has 0 saturated carbocycles. The molecule has 0 radical (unpaired) electrons. The van der Waals surface area contributed by atoms with E-state index in [1.54, 1.807) is 0 Å². The Morgan fingerprint density at radius 2 is 0.825 bits per heavy atom. The topological polar surface area (TPSA) is 47.9 Å². The van der Waals surface area contributed by atoms with E-state index in [9.17, 15) is 66.3 Å². The molecule has 40 heavy (non-hydrogen) atoms. The number of hydrogen-bond acceptors (Lipinski definition) is 4. The molecule has 3 unspecified atom stereocenters. The summed E-state index contributed by atoms with van der Waals surface area (Å²) in [5, 5.41) is 0. The van der Waals surface area contributed by atoms with Gasteiger partial charge in [0.15, 0.2) is 8.32 Å². The van der Waals surface area contributed by atoms with Gasteiger partial charge in [-0.2, -0.15) is 61.5 Å². The Balaban J connectivity index is 6.27. The van der Waals surface area contributed by atoms with Gasteiger partial charge >= 0.3 is 56.3 Å². The molecule has 0 saturated heterocycles. The Morgan fingerprint density at radius 3 is 1.18 bits per heavy atom. The van der Waals surface area contributed by atoms with Crippen molar-refractivity contribution in [3.63, 3.8) is 0 Å². The van der Waals surface area contributed by atoms with Gasteiger partial charge in [0.1, 0.15) is 0 Å². The summed E-state index contributed by atoms with van der Waals surface area (Å²) in [5.41, 5.74) is 0. The molecule has 0 aromatic heterocycles. The minimum Gasteiger partial charge on any atom is -0.436 e. The molecule has 0 rings (SSSR count).